The number of ether oxygens (including phenoxy) is 2. The number of rotatable bonds is 5. The van der Waals surface area contributed by atoms with Crippen LogP contribution in [0.4, 0.5) is 16.2 Å². The van der Waals surface area contributed by atoms with E-state index in [9.17, 15) is 4.79 Å². The number of para-hydroxylation sites is 2. The van der Waals surface area contributed by atoms with E-state index in [-0.39, 0.29) is 0 Å². The van der Waals surface area contributed by atoms with Crippen molar-refractivity contribution in [3.05, 3.63) is 65.7 Å². The first-order valence-electron chi connectivity index (χ1n) is 9.11. The van der Waals surface area contributed by atoms with E-state index in [0.717, 1.165) is 11.0 Å². The van der Waals surface area contributed by atoms with Crippen LogP contribution in [0.5, 0.6) is 11.5 Å². The van der Waals surface area contributed by atoms with Crippen molar-refractivity contribution in [2.24, 2.45) is 0 Å². The van der Waals surface area contributed by atoms with Gasteiger partial charge in [0.2, 0.25) is 0 Å². The molecule has 0 saturated carbocycles. The number of carbonyl (C=O) groups excluding carboxylic acids is 1. The maximum absolute atomic E-state index is 12.5. The topological polar surface area (TPSA) is 88.3 Å². The predicted octanol–water partition coefficient (Wildman–Crippen LogP) is 5.54. The highest BCUT2D eigenvalue weighted by Crippen LogP contribution is 2.30. The molecular weight excluding hydrogens is 404 g/mol. The summed E-state index contributed by atoms with van der Waals surface area (Å²) in [4.78, 5) is 20.3. The van der Waals surface area contributed by atoms with Crippen molar-refractivity contribution in [3.63, 3.8) is 0 Å². The number of hydrogen-bond donors (Lipinski definition) is 3. The first kappa shape index (κ1) is 19.6. The Balaban J connectivity index is 1.55. The number of anilines is 2. The zero-order chi connectivity index (χ0) is 21.1. The number of carbonyl (C=O) groups is 1. The maximum atomic E-state index is 12.5. The number of H-pyrrole nitrogens is 1. The molecule has 30 heavy (non-hydrogen) atoms. The Bertz CT molecular complexity index is 1170. The van der Waals surface area contributed by atoms with E-state index in [2.05, 4.69) is 20.6 Å². The van der Waals surface area contributed by atoms with Crippen molar-refractivity contribution in [1.82, 2.24) is 9.97 Å². The Morgan fingerprint density at radius 1 is 0.933 bits per heavy atom. The number of nitrogens with zero attached hydrogens (tertiary/aromatic N) is 1. The summed E-state index contributed by atoms with van der Waals surface area (Å²) >= 11 is 6.38. The van der Waals surface area contributed by atoms with Crippen LogP contribution in [0.25, 0.3) is 22.4 Å². The molecule has 0 atom stereocenters. The van der Waals surface area contributed by atoms with E-state index in [1.165, 1.54) is 0 Å². The monoisotopic (exact) mass is 422 g/mol. The third kappa shape index (κ3) is 4.16. The Labute approximate surface area is 178 Å². The second kappa shape index (κ2) is 8.34. The molecule has 0 aliphatic carbocycles. The van der Waals surface area contributed by atoms with E-state index < -0.39 is 6.03 Å². The van der Waals surface area contributed by atoms with Gasteiger partial charge in [-0.1, -0.05) is 23.7 Å². The number of halogens is 1. The molecule has 4 aromatic rings. The normalized spacial score (nSPS) is 10.6. The van der Waals surface area contributed by atoms with Crippen LogP contribution in [0.3, 0.4) is 0 Å². The van der Waals surface area contributed by atoms with E-state index in [1.807, 2.05) is 24.3 Å². The average Bonchev–Trinajstić information content (AvgIpc) is 3.18. The summed E-state index contributed by atoms with van der Waals surface area (Å²) in [5.41, 5.74) is 3.55. The van der Waals surface area contributed by atoms with Gasteiger partial charge >= 0.3 is 6.03 Å². The number of imidazole rings is 1. The molecule has 7 nitrogen and oxygen atoms in total. The molecule has 0 spiro atoms. The van der Waals surface area contributed by atoms with Gasteiger partial charge in [-0.25, -0.2) is 9.78 Å². The fourth-order valence-electron chi connectivity index (χ4n) is 3.04. The molecule has 0 aliphatic heterocycles. The summed E-state index contributed by atoms with van der Waals surface area (Å²) in [6, 6.07) is 17.6. The van der Waals surface area contributed by atoms with Crippen molar-refractivity contribution < 1.29 is 14.3 Å². The zero-order valence-corrected chi connectivity index (χ0v) is 17.1. The van der Waals surface area contributed by atoms with Gasteiger partial charge in [-0.2, -0.15) is 0 Å². The van der Waals surface area contributed by atoms with Crippen LogP contribution in [0.2, 0.25) is 5.02 Å². The number of fused-ring (bicyclic) bond motifs is 1. The molecular formula is C22H19ClN4O3. The number of methoxy groups -OCH3 is 2. The van der Waals surface area contributed by atoms with Gasteiger partial charge in [0.05, 0.1) is 30.3 Å². The lowest BCUT2D eigenvalue weighted by Crippen LogP contribution is -2.19. The first-order valence-corrected chi connectivity index (χ1v) is 9.49. The highest BCUT2D eigenvalue weighted by atomic mass is 35.5. The quantitative estimate of drug-likeness (QED) is 0.393. The summed E-state index contributed by atoms with van der Waals surface area (Å²) in [7, 11) is 3.10. The van der Waals surface area contributed by atoms with Crippen LogP contribution < -0.4 is 20.1 Å². The molecule has 1 aromatic heterocycles. The number of amides is 2. The average molecular weight is 423 g/mol. The minimum atomic E-state index is -0.414. The third-order valence-corrected chi connectivity index (χ3v) is 4.81. The summed E-state index contributed by atoms with van der Waals surface area (Å²) < 4.78 is 10.4. The minimum absolute atomic E-state index is 0.414. The van der Waals surface area contributed by atoms with Gasteiger partial charge in [0.25, 0.3) is 0 Å². The highest BCUT2D eigenvalue weighted by molar-refractivity contribution is 6.33. The van der Waals surface area contributed by atoms with Crippen LogP contribution >= 0.6 is 11.6 Å². The molecule has 1 heterocycles. The molecule has 152 valence electrons. The van der Waals surface area contributed by atoms with Crippen LogP contribution in [-0.2, 0) is 0 Å². The lowest BCUT2D eigenvalue weighted by molar-refractivity contribution is 0.262. The smallest absolute Gasteiger partial charge is 0.323 e. The summed E-state index contributed by atoms with van der Waals surface area (Å²) in [6.07, 6.45) is 0. The second-order valence-electron chi connectivity index (χ2n) is 6.48. The van der Waals surface area contributed by atoms with Gasteiger partial charge in [0, 0.05) is 35.1 Å². The Morgan fingerprint density at radius 3 is 2.33 bits per heavy atom. The van der Waals surface area contributed by atoms with Crippen LogP contribution in [-0.4, -0.2) is 30.2 Å². The van der Waals surface area contributed by atoms with Gasteiger partial charge in [0.1, 0.15) is 17.3 Å². The second-order valence-corrected chi connectivity index (χ2v) is 6.88. The van der Waals surface area contributed by atoms with Gasteiger partial charge in [-0.3, -0.25) is 0 Å². The molecule has 0 unspecified atom stereocenters. The standard InChI is InChI=1S/C22H19ClN4O3/c1-29-15-9-14(10-16(12-15)30-2)25-22(28)24-13-7-8-18(23)17(11-13)21-26-19-5-3-4-6-20(19)27-21/h3-12H,1-2H3,(H,26,27)(H2,24,25,28). The number of hydrogen-bond acceptors (Lipinski definition) is 4. The van der Waals surface area contributed by atoms with Crippen molar-refractivity contribution >= 4 is 40.0 Å². The molecule has 0 radical (unpaired) electrons. The van der Waals surface area contributed by atoms with Crippen LogP contribution in [0.15, 0.2) is 60.7 Å². The van der Waals surface area contributed by atoms with Gasteiger partial charge < -0.3 is 25.1 Å². The molecule has 3 N–H and O–H groups in total. The number of nitrogens with one attached hydrogen (secondary N) is 3. The zero-order valence-electron chi connectivity index (χ0n) is 16.3. The molecule has 0 fully saturated rings. The molecule has 0 aliphatic rings. The molecule has 0 saturated heterocycles. The number of benzene rings is 3. The van der Waals surface area contributed by atoms with Crippen molar-refractivity contribution in [2.45, 2.75) is 0 Å². The van der Waals surface area contributed by atoms with E-state index >= 15 is 0 Å². The summed E-state index contributed by atoms with van der Waals surface area (Å²) in [5.74, 6) is 1.77. The first-order chi connectivity index (χ1) is 14.6. The van der Waals surface area contributed by atoms with Gasteiger partial charge in [0.15, 0.2) is 0 Å². The Morgan fingerprint density at radius 2 is 1.63 bits per heavy atom. The highest BCUT2D eigenvalue weighted by Gasteiger charge is 2.12. The maximum Gasteiger partial charge on any atom is 0.323 e. The molecule has 2 amide bonds. The fourth-order valence-corrected chi connectivity index (χ4v) is 3.24. The van der Waals surface area contributed by atoms with E-state index in [1.54, 1.807) is 50.6 Å². The molecule has 4 rings (SSSR count). The Kier molecular flexibility index (Phi) is 5.45. The van der Waals surface area contributed by atoms with E-state index in [4.69, 9.17) is 21.1 Å². The number of aromatic amines is 1. The van der Waals surface area contributed by atoms with Gasteiger partial charge in [-0.15, -0.1) is 0 Å². The summed E-state index contributed by atoms with van der Waals surface area (Å²) in [6.45, 7) is 0. The number of urea groups is 1. The third-order valence-electron chi connectivity index (χ3n) is 4.48. The number of aromatic nitrogens is 2. The molecule has 0 bridgehead atoms. The fraction of sp³-hybridized carbons (Fsp3) is 0.0909. The van der Waals surface area contributed by atoms with Gasteiger partial charge in [-0.05, 0) is 30.3 Å². The van der Waals surface area contributed by atoms with Crippen molar-refractivity contribution in [1.29, 1.82) is 0 Å². The molecule has 8 heteroatoms. The van der Waals surface area contributed by atoms with Crippen molar-refractivity contribution in [2.75, 3.05) is 24.9 Å². The largest absolute Gasteiger partial charge is 0.497 e. The lowest BCUT2D eigenvalue weighted by atomic mass is 10.2. The van der Waals surface area contributed by atoms with Crippen LogP contribution in [0.1, 0.15) is 0 Å². The van der Waals surface area contributed by atoms with Crippen molar-refractivity contribution in [3.8, 4) is 22.9 Å². The van der Waals surface area contributed by atoms with E-state index in [0.29, 0.717) is 39.3 Å². The summed E-state index contributed by atoms with van der Waals surface area (Å²) in [5, 5.41) is 6.10. The van der Waals surface area contributed by atoms with Crippen LogP contribution in [0, 0.1) is 0 Å². The Hall–Kier alpha value is -3.71. The SMILES string of the molecule is COc1cc(NC(=O)Nc2ccc(Cl)c(-c3nc4ccccc4[nH]3)c2)cc(OC)c1. The lowest BCUT2D eigenvalue weighted by Gasteiger charge is -2.11. The minimum Gasteiger partial charge on any atom is -0.497 e. The predicted molar refractivity (Wildman–Crippen MR) is 119 cm³/mol. The molecule has 3 aromatic carbocycles.